The molecule has 248 valence electrons. The molecule has 0 bridgehead atoms. The molecule has 47 heavy (non-hydrogen) atoms. The minimum Gasteiger partial charge on any atom is -0.371 e. The van der Waals surface area contributed by atoms with Crippen LogP contribution in [0.15, 0.2) is 109 Å². The van der Waals surface area contributed by atoms with E-state index in [9.17, 15) is 13.2 Å². The van der Waals surface area contributed by atoms with E-state index in [0.717, 1.165) is 42.6 Å². The number of likely N-dealkylation sites (tertiary alicyclic amines) is 1. The van der Waals surface area contributed by atoms with E-state index in [1.165, 1.54) is 12.3 Å². The van der Waals surface area contributed by atoms with E-state index < -0.39 is 11.9 Å². The summed E-state index contributed by atoms with van der Waals surface area (Å²) in [4.78, 5) is 8.02. The highest BCUT2D eigenvalue weighted by Crippen LogP contribution is 2.32. The highest BCUT2D eigenvalue weighted by Gasteiger charge is 2.40. The van der Waals surface area contributed by atoms with Gasteiger partial charge in [0.2, 0.25) is 0 Å². The van der Waals surface area contributed by atoms with Crippen LogP contribution in [0.5, 0.6) is 0 Å². The first-order valence-corrected chi connectivity index (χ1v) is 16.4. The van der Waals surface area contributed by atoms with Crippen LogP contribution in [0, 0.1) is 5.92 Å². The number of hydrogen-bond donors (Lipinski definition) is 0. The molecule has 9 heteroatoms. The molecule has 0 aliphatic carbocycles. The lowest BCUT2D eigenvalue weighted by atomic mass is 9.94. The molecule has 2 aliphatic rings. The molecule has 1 unspecified atom stereocenters. The SMILES string of the molecule is FC(F)(F)c1cc(N2CCC[C@H](CN3C[C@H](OCc4ccccc4)C(OCc4ccccc4)[C@H](OCc4ccccc4)C3)C2)ccn1. The van der Waals surface area contributed by atoms with E-state index in [4.69, 9.17) is 14.2 Å². The van der Waals surface area contributed by atoms with Crippen molar-refractivity contribution < 1.29 is 27.4 Å². The third-order valence-corrected chi connectivity index (χ3v) is 8.94. The topological polar surface area (TPSA) is 47.1 Å². The smallest absolute Gasteiger partial charge is 0.371 e. The standard InChI is InChI=1S/C38H42F3N3O3/c39-38(40,41)36-21-33(18-19-42-36)44-20-10-17-32(23-44)22-43-24-34(45-26-29-11-4-1-5-12-29)37(47-28-31-15-8-3-9-16-31)35(25-43)46-27-30-13-6-2-7-14-30/h1-9,11-16,18-19,21,32,34-35,37H,10,17,20,22-28H2/t32-,34-,35+,37?/m1/s1. The van der Waals surface area contributed by atoms with Crippen LogP contribution in [0.1, 0.15) is 35.2 Å². The Bertz CT molecular complexity index is 1460. The number of anilines is 1. The minimum absolute atomic E-state index is 0.248. The van der Waals surface area contributed by atoms with Gasteiger partial charge in [0.15, 0.2) is 0 Å². The molecule has 2 aliphatic heterocycles. The molecule has 6 nitrogen and oxygen atoms in total. The maximum absolute atomic E-state index is 13.4. The van der Waals surface area contributed by atoms with Gasteiger partial charge in [-0.2, -0.15) is 13.2 Å². The fourth-order valence-electron chi connectivity index (χ4n) is 6.60. The zero-order chi connectivity index (χ0) is 32.5. The quantitative estimate of drug-likeness (QED) is 0.160. The van der Waals surface area contributed by atoms with Gasteiger partial charge in [-0.25, -0.2) is 0 Å². The average Bonchev–Trinajstić information content (AvgIpc) is 3.10. The van der Waals surface area contributed by atoms with Gasteiger partial charge in [0.25, 0.3) is 0 Å². The number of nitrogens with zero attached hydrogens (tertiary/aromatic N) is 3. The predicted octanol–water partition coefficient (Wildman–Crippen LogP) is 7.39. The molecule has 0 amide bonds. The van der Waals surface area contributed by atoms with Crippen LogP contribution in [0.25, 0.3) is 0 Å². The molecule has 6 rings (SSSR count). The first-order chi connectivity index (χ1) is 22.9. The number of piperidine rings is 2. The van der Waals surface area contributed by atoms with Gasteiger partial charge in [-0.15, -0.1) is 0 Å². The Morgan fingerprint density at radius 1 is 0.681 bits per heavy atom. The van der Waals surface area contributed by atoms with E-state index in [1.54, 1.807) is 6.07 Å². The van der Waals surface area contributed by atoms with Crippen LogP contribution in [0.2, 0.25) is 0 Å². The maximum Gasteiger partial charge on any atom is 0.433 e. The van der Waals surface area contributed by atoms with Crippen molar-refractivity contribution in [3.8, 4) is 0 Å². The molecule has 2 fully saturated rings. The number of benzene rings is 3. The summed E-state index contributed by atoms with van der Waals surface area (Å²) >= 11 is 0. The summed E-state index contributed by atoms with van der Waals surface area (Å²) in [6.45, 7) is 4.88. The molecule has 0 N–H and O–H groups in total. The normalized spacial score (nSPS) is 22.3. The van der Waals surface area contributed by atoms with Gasteiger partial charge < -0.3 is 19.1 Å². The Kier molecular flexibility index (Phi) is 11.2. The van der Waals surface area contributed by atoms with Crippen molar-refractivity contribution in [2.75, 3.05) is 37.6 Å². The number of ether oxygens (including phenoxy) is 3. The summed E-state index contributed by atoms with van der Waals surface area (Å²) in [7, 11) is 0. The van der Waals surface area contributed by atoms with Gasteiger partial charge in [0.1, 0.15) is 11.8 Å². The highest BCUT2D eigenvalue weighted by molar-refractivity contribution is 5.47. The van der Waals surface area contributed by atoms with E-state index in [1.807, 2.05) is 54.6 Å². The lowest BCUT2D eigenvalue weighted by Gasteiger charge is -2.45. The molecular formula is C38H42F3N3O3. The Morgan fingerprint density at radius 3 is 1.74 bits per heavy atom. The summed E-state index contributed by atoms with van der Waals surface area (Å²) in [5.41, 5.74) is 2.98. The Hall–Kier alpha value is -3.76. The summed E-state index contributed by atoms with van der Waals surface area (Å²) in [5.74, 6) is 0.276. The molecule has 4 atom stereocenters. The average molecular weight is 646 g/mol. The highest BCUT2D eigenvalue weighted by atomic mass is 19.4. The largest absolute Gasteiger partial charge is 0.433 e. The number of rotatable bonds is 12. The molecule has 0 spiro atoms. The lowest BCUT2D eigenvalue weighted by molar-refractivity contribution is -0.185. The molecular weight excluding hydrogens is 603 g/mol. The first kappa shape index (κ1) is 33.2. The number of pyridine rings is 1. The molecule has 2 saturated heterocycles. The summed E-state index contributed by atoms with van der Waals surface area (Å²) in [6.07, 6.45) is -2.09. The lowest BCUT2D eigenvalue weighted by Crippen LogP contribution is -2.59. The third kappa shape index (κ3) is 9.41. The van der Waals surface area contributed by atoms with Crippen molar-refractivity contribution in [3.05, 3.63) is 132 Å². The Morgan fingerprint density at radius 2 is 1.21 bits per heavy atom. The van der Waals surface area contributed by atoms with Crippen molar-refractivity contribution in [1.29, 1.82) is 0 Å². The van der Waals surface area contributed by atoms with Crippen LogP contribution < -0.4 is 4.90 Å². The molecule has 4 aromatic rings. The van der Waals surface area contributed by atoms with Crippen molar-refractivity contribution >= 4 is 5.69 Å². The van der Waals surface area contributed by atoms with E-state index >= 15 is 0 Å². The van der Waals surface area contributed by atoms with E-state index in [-0.39, 0.29) is 24.2 Å². The minimum atomic E-state index is -4.47. The van der Waals surface area contributed by atoms with Gasteiger partial charge >= 0.3 is 6.18 Å². The van der Waals surface area contributed by atoms with Gasteiger partial charge in [-0.1, -0.05) is 91.0 Å². The Balaban J connectivity index is 1.19. The van der Waals surface area contributed by atoms with Crippen molar-refractivity contribution in [2.24, 2.45) is 5.92 Å². The summed E-state index contributed by atoms with van der Waals surface area (Å²) < 4.78 is 60.1. The number of halogens is 3. The molecule has 3 heterocycles. The van der Waals surface area contributed by atoms with Gasteiger partial charge in [-0.05, 0) is 47.6 Å². The zero-order valence-corrected chi connectivity index (χ0v) is 26.5. The summed E-state index contributed by atoms with van der Waals surface area (Å²) in [6, 6.07) is 33.2. The predicted molar refractivity (Wildman–Crippen MR) is 176 cm³/mol. The van der Waals surface area contributed by atoms with Gasteiger partial charge in [0, 0.05) is 44.6 Å². The van der Waals surface area contributed by atoms with E-state index in [2.05, 4.69) is 51.2 Å². The number of aromatic nitrogens is 1. The first-order valence-electron chi connectivity index (χ1n) is 16.4. The van der Waals surface area contributed by atoms with Crippen LogP contribution in [0.4, 0.5) is 18.9 Å². The molecule has 0 radical (unpaired) electrons. The van der Waals surface area contributed by atoms with Gasteiger partial charge in [-0.3, -0.25) is 9.88 Å². The fourth-order valence-corrected chi connectivity index (χ4v) is 6.60. The second-order valence-electron chi connectivity index (χ2n) is 12.5. The second-order valence-corrected chi connectivity index (χ2v) is 12.5. The Labute approximate surface area is 275 Å². The van der Waals surface area contributed by atoms with Crippen LogP contribution in [0.3, 0.4) is 0 Å². The molecule has 1 aromatic heterocycles. The number of hydrogen-bond acceptors (Lipinski definition) is 6. The molecule has 0 saturated carbocycles. The van der Waals surface area contributed by atoms with E-state index in [0.29, 0.717) is 45.1 Å². The van der Waals surface area contributed by atoms with Crippen molar-refractivity contribution in [3.63, 3.8) is 0 Å². The zero-order valence-electron chi connectivity index (χ0n) is 26.5. The monoisotopic (exact) mass is 645 g/mol. The van der Waals surface area contributed by atoms with Crippen LogP contribution in [-0.2, 0) is 40.2 Å². The van der Waals surface area contributed by atoms with Gasteiger partial charge in [0.05, 0.1) is 32.0 Å². The maximum atomic E-state index is 13.4. The second kappa shape index (κ2) is 15.9. The van der Waals surface area contributed by atoms with Crippen molar-refractivity contribution in [2.45, 2.75) is 57.2 Å². The summed E-state index contributed by atoms with van der Waals surface area (Å²) in [5, 5.41) is 0. The van der Waals surface area contributed by atoms with Crippen molar-refractivity contribution in [1.82, 2.24) is 9.88 Å². The third-order valence-electron chi connectivity index (χ3n) is 8.94. The van der Waals surface area contributed by atoms with Crippen LogP contribution in [-0.4, -0.2) is 60.9 Å². The fraction of sp³-hybridized carbons (Fsp3) is 0.395. The molecule has 3 aromatic carbocycles. The number of alkyl halides is 3. The van der Waals surface area contributed by atoms with Crippen LogP contribution >= 0.6 is 0 Å².